The second-order valence-electron chi connectivity index (χ2n) is 5.48. The van der Waals surface area contributed by atoms with Crippen molar-refractivity contribution >= 4 is 22.4 Å². The van der Waals surface area contributed by atoms with E-state index in [2.05, 4.69) is 0 Å². The number of nitrogens with two attached hydrogens (primary N) is 1. The summed E-state index contributed by atoms with van der Waals surface area (Å²) in [5, 5.41) is 11.1. The maximum Gasteiger partial charge on any atom is 0.259 e. The van der Waals surface area contributed by atoms with Crippen molar-refractivity contribution in [1.29, 1.82) is 0 Å². The van der Waals surface area contributed by atoms with Crippen LogP contribution in [0.4, 0.5) is 0 Å². The zero-order valence-corrected chi connectivity index (χ0v) is 12.0. The lowest BCUT2D eigenvalue weighted by molar-refractivity contribution is 0.268. The van der Waals surface area contributed by atoms with Gasteiger partial charge in [-0.15, -0.1) is 0 Å². The Morgan fingerprint density at radius 1 is 1.50 bits per heavy atom. The Kier molecular flexibility index (Phi) is 3.32. The van der Waals surface area contributed by atoms with Gasteiger partial charge in [-0.2, -0.15) is 0 Å². The zero-order chi connectivity index (χ0) is 14.4. The highest BCUT2D eigenvalue weighted by molar-refractivity contribution is 6.35. The molecule has 1 fully saturated rings. The molecule has 1 aromatic heterocycles. The summed E-state index contributed by atoms with van der Waals surface area (Å²) in [5.41, 5.74) is 6.72. The van der Waals surface area contributed by atoms with Gasteiger partial charge in [-0.3, -0.25) is 4.79 Å². The third-order valence-electron chi connectivity index (χ3n) is 3.99. The van der Waals surface area contributed by atoms with Crippen LogP contribution in [0.1, 0.15) is 31.1 Å². The molecule has 3 atom stereocenters. The van der Waals surface area contributed by atoms with Gasteiger partial charge in [0.15, 0.2) is 0 Å². The summed E-state index contributed by atoms with van der Waals surface area (Å²) < 4.78 is 1.74. The molecular formula is C15H17ClN2O2. The van der Waals surface area contributed by atoms with E-state index < -0.39 is 0 Å². The summed E-state index contributed by atoms with van der Waals surface area (Å²) in [6, 6.07) is 7.02. The van der Waals surface area contributed by atoms with Crippen molar-refractivity contribution in [2.75, 3.05) is 6.61 Å². The molecule has 1 heterocycles. The highest BCUT2D eigenvalue weighted by Gasteiger charge is 2.40. The summed E-state index contributed by atoms with van der Waals surface area (Å²) in [7, 11) is 0. The third-order valence-corrected chi connectivity index (χ3v) is 4.32. The average molecular weight is 293 g/mol. The molecule has 106 valence electrons. The standard InChI is InChI=1S/C15H17ClN2O2/c1-8(17)13-6-11-10(3-2-4-12(11)16)15(20)18(13)14-5-9(14)7-19/h2-4,6,8-9,14,19H,5,7,17H2,1H3/t8-,9?,14?/m0/s1. The largest absolute Gasteiger partial charge is 0.396 e. The van der Waals surface area contributed by atoms with Crippen LogP contribution in [-0.2, 0) is 0 Å². The number of nitrogens with zero attached hydrogens (tertiary/aromatic N) is 1. The smallest absolute Gasteiger partial charge is 0.259 e. The minimum atomic E-state index is -0.261. The van der Waals surface area contributed by atoms with Crippen LogP contribution in [-0.4, -0.2) is 16.3 Å². The van der Waals surface area contributed by atoms with Gasteiger partial charge in [0.2, 0.25) is 0 Å². The van der Waals surface area contributed by atoms with E-state index in [0.717, 1.165) is 17.5 Å². The Morgan fingerprint density at radius 3 is 2.85 bits per heavy atom. The Balaban J connectivity index is 2.30. The molecule has 1 aromatic carbocycles. The second-order valence-corrected chi connectivity index (χ2v) is 5.89. The summed E-state index contributed by atoms with van der Waals surface area (Å²) in [6.07, 6.45) is 0.822. The third kappa shape index (κ3) is 2.04. The van der Waals surface area contributed by atoms with Crippen molar-refractivity contribution in [1.82, 2.24) is 4.57 Å². The highest BCUT2D eigenvalue weighted by Crippen LogP contribution is 2.43. The van der Waals surface area contributed by atoms with Crippen LogP contribution in [0.15, 0.2) is 29.1 Å². The predicted octanol–water partition coefficient (Wildman–Crippen LogP) is 2.23. The van der Waals surface area contributed by atoms with E-state index in [1.807, 2.05) is 13.0 Å². The first-order valence-corrected chi connectivity index (χ1v) is 7.12. The van der Waals surface area contributed by atoms with Crippen LogP contribution >= 0.6 is 11.6 Å². The molecule has 0 aliphatic heterocycles. The van der Waals surface area contributed by atoms with Crippen LogP contribution < -0.4 is 11.3 Å². The lowest BCUT2D eigenvalue weighted by Gasteiger charge is -2.17. The van der Waals surface area contributed by atoms with Gasteiger partial charge in [-0.1, -0.05) is 17.7 Å². The zero-order valence-electron chi connectivity index (χ0n) is 11.2. The Hall–Kier alpha value is -1.36. The monoisotopic (exact) mass is 292 g/mol. The molecule has 1 saturated carbocycles. The Bertz CT molecular complexity index is 724. The van der Waals surface area contributed by atoms with Crippen molar-refractivity contribution in [3.05, 3.63) is 45.3 Å². The summed E-state index contributed by atoms with van der Waals surface area (Å²) in [4.78, 5) is 12.7. The number of fused-ring (bicyclic) bond motifs is 1. The van der Waals surface area contributed by atoms with E-state index in [0.29, 0.717) is 10.4 Å². The molecule has 2 aromatic rings. The topological polar surface area (TPSA) is 68.2 Å². The maximum absolute atomic E-state index is 12.7. The SMILES string of the molecule is C[C@H](N)c1cc2c(Cl)cccc2c(=O)n1C1CC1CO. The van der Waals surface area contributed by atoms with Crippen LogP contribution in [0.2, 0.25) is 5.02 Å². The molecule has 0 saturated heterocycles. The van der Waals surface area contributed by atoms with Gasteiger partial charge in [-0.05, 0) is 31.5 Å². The first kappa shape index (κ1) is 13.6. The predicted molar refractivity (Wildman–Crippen MR) is 80.1 cm³/mol. The molecule has 3 rings (SSSR count). The van der Waals surface area contributed by atoms with Crippen LogP contribution in [0.3, 0.4) is 0 Å². The van der Waals surface area contributed by atoms with E-state index >= 15 is 0 Å². The Morgan fingerprint density at radius 2 is 2.25 bits per heavy atom. The Labute approximate surface area is 121 Å². The van der Waals surface area contributed by atoms with E-state index in [1.165, 1.54) is 0 Å². The molecule has 4 nitrogen and oxygen atoms in total. The molecule has 20 heavy (non-hydrogen) atoms. The van der Waals surface area contributed by atoms with Crippen LogP contribution in [0, 0.1) is 5.92 Å². The number of aromatic nitrogens is 1. The van der Waals surface area contributed by atoms with Crippen molar-refractivity contribution in [2.24, 2.45) is 11.7 Å². The van der Waals surface area contributed by atoms with Gasteiger partial charge in [0, 0.05) is 46.1 Å². The first-order valence-electron chi connectivity index (χ1n) is 6.74. The van der Waals surface area contributed by atoms with Gasteiger partial charge >= 0.3 is 0 Å². The summed E-state index contributed by atoms with van der Waals surface area (Å²) >= 11 is 6.18. The fourth-order valence-corrected chi connectivity index (χ4v) is 3.00. The van der Waals surface area contributed by atoms with Gasteiger partial charge in [-0.25, -0.2) is 0 Å². The number of aliphatic hydroxyl groups is 1. The maximum atomic E-state index is 12.7. The number of hydrogen-bond donors (Lipinski definition) is 2. The van der Waals surface area contributed by atoms with Crippen LogP contribution in [0.5, 0.6) is 0 Å². The number of halogens is 1. The van der Waals surface area contributed by atoms with E-state index in [-0.39, 0.29) is 30.2 Å². The molecule has 0 amide bonds. The van der Waals surface area contributed by atoms with Gasteiger partial charge in [0.1, 0.15) is 0 Å². The van der Waals surface area contributed by atoms with Crippen molar-refractivity contribution in [3.8, 4) is 0 Å². The second kappa shape index (κ2) is 4.88. The van der Waals surface area contributed by atoms with Crippen molar-refractivity contribution < 1.29 is 5.11 Å². The molecule has 3 N–H and O–H groups in total. The molecule has 0 radical (unpaired) electrons. The van der Waals surface area contributed by atoms with Gasteiger partial charge in [0.25, 0.3) is 5.56 Å². The number of pyridine rings is 1. The quantitative estimate of drug-likeness (QED) is 0.911. The van der Waals surface area contributed by atoms with E-state index in [9.17, 15) is 9.90 Å². The lowest BCUT2D eigenvalue weighted by Crippen LogP contribution is -2.27. The fraction of sp³-hybridized carbons (Fsp3) is 0.400. The number of rotatable bonds is 3. The van der Waals surface area contributed by atoms with Crippen molar-refractivity contribution in [2.45, 2.75) is 25.4 Å². The molecular weight excluding hydrogens is 276 g/mol. The summed E-state index contributed by atoms with van der Waals surface area (Å²) in [6.45, 7) is 1.95. The van der Waals surface area contributed by atoms with E-state index in [4.69, 9.17) is 17.3 Å². The van der Waals surface area contributed by atoms with Gasteiger partial charge in [0.05, 0.1) is 0 Å². The normalized spacial score (nSPS) is 23.0. The minimum absolute atomic E-state index is 0.0527. The number of benzene rings is 1. The van der Waals surface area contributed by atoms with E-state index in [1.54, 1.807) is 22.8 Å². The molecule has 0 bridgehead atoms. The van der Waals surface area contributed by atoms with Crippen LogP contribution in [0.25, 0.3) is 10.8 Å². The molecule has 1 aliphatic rings. The lowest BCUT2D eigenvalue weighted by atomic mass is 10.1. The number of aliphatic hydroxyl groups excluding tert-OH is 1. The minimum Gasteiger partial charge on any atom is -0.396 e. The average Bonchev–Trinajstić information content (AvgIpc) is 3.18. The number of hydrogen-bond acceptors (Lipinski definition) is 3. The molecule has 5 heteroatoms. The highest BCUT2D eigenvalue weighted by atomic mass is 35.5. The van der Waals surface area contributed by atoms with Crippen molar-refractivity contribution in [3.63, 3.8) is 0 Å². The first-order chi connectivity index (χ1) is 9.54. The fourth-order valence-electron chi connectivity index (χ4n) is 2.77. The molecule has 1 aliphatic carbocycles. The molecule has 2 unspecified atom stereocenters. The molecule has 0 spiro atoms. The summed E-state index contributed by atoms with van der Waals surface area (Å²) in [5.74, 6) is 0.154. The van der Waals surface area contributed by atoms with Gasteiger partial charge < -0.3 is 15.4 Å².